The van der Waals surface area contributed by atoms with Gasteiger partial charge in [0.15, 0.2) is 0 Å². The van der Waals surface area contributed by atoms with E-state index in [0.717, 1.165) is 12.0 Å². The van der Waals surface area contributed by atoms with E-state index in [4.69, 9.17) is 5.11 Å². The van der Waals surface area contributed by atoms with Crippen LogP contribution in [-0.4, -0.2) is 27.4 Å². The summed E-state index contributed by atoms with van der Waals surface area (Å²) in [7, 11) is 0. The summed E-state index contributed by atoms with van der Waals surface area (Å²) in [5.41, 5.74) is 3.84. The van der Waals surface area contributed by atoms with Gasteiger partial charge in [0.05, 0.1) is 5.70 Å². The topological polar surface area (TPSA) is 89.9 Å². The van der Waals surface area contributed by atoms with E-state index in [-0.39, 0.29) is 5.70 Å². The number of hydrazine groups is 1. The van der Waals surface area contributed by atoms with Gasteiger partial charge in [-0.3, -0.25) is 0 Å². The van der Waals surface area contributed by atoms with Crippen LogP contribution >= 0.6 is 0 Å². The summed E-state index contributed by atoms with van der Waals surface area (Å²) >= 11 is 0. The smallest absolute Gasteiger partial charge is 0.431 e. The van der Waals surface area contributed by atoms with Crippen LogP contribution in [0.2, 0.25) is 0 Å². The molecule has 0 unspecified atom stereocenters. The number of unbranched alkanes of at least 4 members (excludes halogenated alkanes) is 1. The lowest BCUT2D eigenvalue weighted by Gasteiger charge is -2.23. The third kappa shape index (κ3) is 6.25. The standard InChI is InChI=1S/C17H22N2O4/c1-3-4-10-15(19(17(22)23)18-16(20)21)13(2)11-12-14-8-6-5-7-9-14/h5-10,18H,2-4,11-12H2,1H3,(H,20,21)(H,22,23)/b15-10+. The van der Waals surface area contributed by atoms with Crippen LogP contribution in [0.3, 0.4) is 0 Å². The number of rotatable bonds is 7. The molecule has 1 aromatic rings. The number of nitrogens with one attached hydrogen (secondary N) is 1. The van der Waals surface area contributed by atoms with Gasteiger partial charge in [-0.05, 0) is 30.4 Å². The fraction of sp³-hybridized carbons (Fsp3) is 0.294. The number of aryl methyl sites for hydroxylation is 1. The van der Waals surface area contributed by atoms with Crippen LogP contribution in [0.1, 0.15) is 31.7 Å². The van der Waals surface area contributed by atoms with Crippen molar-refractivity contribution in [3.05, 3.63) is 59.8 Å². The maximum Gasteiger partial charge on any atom is 0.431 e. The highest BCUT2D eigenvalue weighted by atomic mass is 16.4. The van der Waals surface area contributed by atoms with Gasteiger partial charge in [0, 0.05) is 0 Å². The van der Waals surface area contributed by atoms with E-state index in [1.807, 2.05) is 42.7 Å². The molecule has 1 rings (SSSR count). The van der Waals surface area contributed by atoms with Crippen molar-refractivity contribution in [3.63, 3.8) is 0 Å². The summed E-state index contributed by atoms with van der Waals surface area (Å²) in [5.74, 6) is 0. The molecule has 0 aromatic heterocycles. The van der Waals surface area contributed by atoms with Gasteiger partial charge in [-0.1, -0.05) is 56.3 Å². The normalized spacial score (nSPS) is 10.9. The molecule has 6 heteroatoms. The summed E-state index contributed by atoms with van der Waals surface area (Å²) in [6.07, 6.45) is 1.54. The van der Waals surface area contributed by atoms with Crippen molar-refractivity contribution < 1.29 is 19.8 Å². The first kappa shape index (κ1) is 18.3. The fourth-order valence-electron chi connectivity index (χ4n) is 2.05. The third-order valence-corrected chi connectivity index (χ3v) is 3.19. The number of allylic oxidation sites excluding steroid dienone is 2. The lowest BCUT2D eigenvalue weighted by molar-refractivity contribution is 0.126. The number of carbonyl (C=O) groups is 2. The Balaban J connectivity index is 2.88. The second-order valence-electron chi connectivity index (χ2n) is 5.00. The van der Waals surface area contributed by atoms with Crippen LogP contribution in [0.25, 0.3) is 0 Å². The first-order valence-corrected chi connectivity index (χ1v) is 7.40. The van der Waals surface area contributed by atoms with Crippen molar-refractivity contribution in [2.24, 2.45) is 0 Å². The van der Waals surface area contributed by atoms with E-state index in [1.165, 1.54) is 0 Å². The van der Waals surface area contributed by atoms with Gasteiger partial charge in [-0.25, -0.2) is 15.0 Å². The van der Waals surface area contributed by atoms with Crippen LogP contribution in [0.4, 0.5) is 9.59 Å². The summed E-state index contributed by atoms with van der Waals surface area (Å²) in [6, 6.07) is 9.75. The molecule has 0 fully saturated rings. The minimum absolute atomic E-state index is 0.276. The van der Waals surface area contributed by atoms with Gasteiger partial charge in [0.1, 0.15) is 0 Å². The van der Waals surface area contributed by atoms with Crippen LogP contribution in [0.15, 0.2) is 54.3 Å². The van der Waals surface area contributed by atoms with Gasteiger partial charge in [0.25, 0.3) is 0 Å². The quantitative estimate of drug-likeness (QED) is 0.523. The molecule has 6 nitrogen and oxygen atoms in total. The van der Waals surface area contributed by atoms with E-state index in [0.29, 0.717) is 29.8 Å². The average molecular weight is 318 g/mol. The molecule has 2 amide bonds. The van der Waals surface area contributed by atoms with Crippen molar-refractivity contribution >= 4 is 12.2 Å². The van der Waals surface area contributed by atoms with Gasteiger partial charge in [-0.2, -0.15) is 5.01 Å². The van der Waals surface area contributed by atoms with Crippen LogP contribution in [0.5, 0.6) is 0 Å². The largest absolute Gasteiger partial charge is 0.464 e. The highest BCUT2D eigenvalue weighted by Crippen LogP contribution is 2.19. The number of carboxylic acid groups (broad SMARTS) is 2. The molecule has 3 N–H and O–H groups in total. The van der Waals surface area contributed by atoms with Gasteiger partial charge in [-0.15, -0.1) is 0 Å². The van der Waals surface area contributed by atoms with E-state index < -0.39 is 12.2 Å². The Morgan fingerprint density at radius 3 is 2.43 bits per heavy atom. The molecular weight excluding hydrogens is 296 g/mol. The predicted octanol–water partition coefficient (Wildman–Crippen LogP) is 4.02. The van der Waals surface area contributed by atoms with Crippen LogP contribution in [-0.2, 0) is 6.42 Å². The molecule has 124 valence electrons. The molecule has 0 spiro atoms. The van der Waals surface area contributed by atoms with Gasteiger partial charge >= 0.3 is 12.2 Å². The molecule has 0 atom stereocenters. The second-order valence-corrected chi connectivity index (χ2v) is 5.00. The molecule has 0 saturated carbocycles. The summed E-state index contributed by atoms with van der Waals surface area (Å²) < 4.78 is 0. The Hall–Kier alpha value is -2.76. The molecule has 0 aliphatic rings. The zero-order valence-corrected chi connectivity index (χ0v) is 13.2. The van der Waals surface area contributed by atoms with Crippen molar-refractivity contribution in [2.45, 2.75) is 32.6 Å². The minimum Gasteiger partial charge on any atom is -0.464 e. The van der Waals surface area contributed by atoms with E-state index in [2.05, 4.69) is 6.58 Å². The van der Waals surface area contributed by atoms with Crippen molar-refractivity contribution in [2.75, 3.05) is 0 Å². The molecule has 1 aromatic carbocycles. The maximum atomic E-state index is 11.3. The molecule has 0 aliphatic carbocycles. The Kier molecular flexibility index (Phi) is 7.39. The van der Waals surface area contributed by atoms with E-state index >= 15 is 0 Å². The number of hydrogen-bond acceptors (Lipinski definition) is 2. The van der Waals surface area contributed by atoms with Crippen molar-refractivity contribution in [3.8, 4) is 0 Å². The number of nitrogens with zero attached hydrogens (tertiary/aromatic N) is 1. The number of benzene rings is 1. The molecular formula is C17H22N2O4. The number of hydrogen-bond donors (Lipinski definition) is 3. The average Bonchev–Trinajstić information content (AvgIpc) is 2.52. The monoisotopic (exact) mass is 318 g/mol. The first-order valence-electron chi connectivity index (χ1n) is 7.40. The SMILES string of the molecule is C=C(CCc1ccccc1)/C(=C\CCC)N(NC(=O)O)C(=O)O. The van der Waals surface area contributed by atoms with Gasteiger partial charge in [0.2, 0.25) is 0 Å². The van der Waals surface area contributed by atoms with Crippen molar-refractivity contribution in [1.82, 2.24) is 10.4 Å². The lowest BCUT2D eigenvalue weighted by atomic mass is 10.0. The Labute approximate surface area is 135 Å². The highest BCUT2D eigenvalue weighted by Gasteiger charge is 2.21. The Morgan fingerprint density at radius 2 is 1.91 bits per heavy atom. The summed E-state index contributed by atoms with van der Waals surface area (Å²) in [4.78, 5) is 22.2. The van der Waals surface area contributed by atoms with Crippen molar-refractivity contribution in [1.29, 1.82) is 0 Å². The van der Waals surface area contributed by atoms with Crippen LogP contribution < -0.4 is 5.43 Å². The molecule has 0 bridgehead atoms. The summed E-state index contributed by atoms with van der Waals surface area (Å²) in [6.45, 7) is 5.88. The van der Waals surface area contributed by atoms with E-state index in [9.17, 15) is 14.7 Å². The van der Waals surface area contributed by atoms with Gasteiger partial charge < -0.3 is 10.2 Å². The predicted molar refractivity (Wildman–Crippen MR) is 87.9 cm³/mol. The Morgan fingerprint density at radius 1 is 1.26 bits per heavy atom. The lowest BCUT2D eigenvalue weighted by Crippen LogP contribution is -2.44. The fourth-order valence-corrected chi connectivity index (χ4v) is 2.05. The zero-order valence-electron chi connectivity index (χ0n) is 13.2. The van der Waals surface area contributed by atoms with E-state index in [1.54, 1.807) is 6.08 Å². The number of amides is 2. The molecule has 0 heterocycles. The zero-order chi connectivity index (χ0) is 17.2. The maximum absolute atomic E-state index is 11.3. The molecule has 0 aliphatic heterocycles. The van der Waals surface area contributed by atoms with Crippen LogP contribution in [0, 0.1) is 0 Å². The molecule has 23 heavy (non-hydrogen) atoms. The molecule has 0 saturated heterocycles. The third-order valence-electron chi connectivity index (χ3n) is 3.19. The first-order chi connectivity index (χ1) is 11.0. The Bertz CT molecular complexity index is 582. The summed E-state index contributed by atoms with van der Waals surface area (Å²) in [5, 5.41) is 18.7. The second kappa shape index (κ2) is 9.30. The highest BCUT2D eigenvalue weighted by molar-refractivity contribution is 5.74. The minimum atomic E-state index is -1.44. The molecule has 0 radical (unpaired) electrons.